The minimum absolute atomic E-state index is 0.101. The average molecular weight is 382 g/mol. The van der Waals surface area contributed by atoms with Crippen LogP contribution in [-0.4, -0.2) is 35.7 Å². The van der Waals surface area contributed by atoms with Crippen molar-refractivity contribution in [3.8, 4) is 0 Å². The highest BCUT2D eigenvalue weighted by atomic mass is 16.3. The quantitative estimate of drug-likeness (QED) is 0.758. The normalized spacial score (nSPS) is 47.3. The summed E-state index contributed by atoms with van der Waals surface area (Å²) < 4.78 is 1.87. The summed E-state index contributed by atoms with van der Waals surface area (Å²) in [7, 11) is 0. The van der Waals surface area contributed by atoms with Crippen LogP contribution in [0.25, 0.3) is 5.78 Å². The summed E-state index contributed by atoms with van der Waals surface area (Å²) in [5.74, 6) is 3.52. The van der Waals surface area contributed by atoms with Gasteiger partial charge in [0.2, 0.25) is 0 Å². The predicted octanol–water partition coefficient (Wildman–Crippen LogP) is 3.23. The third kappa shape index (κ3) is 1.98. The second kappa shape index (κ2) is 5.32. The first kappa shape index (κ1) is 17.3. The zero-order valence-electron chi connectivity index (χ0n) is 17.2. The summed E-state index contributed by atoms with van der Waals surface area (Å²) in [6.07, 6.45) is 11.4. The van der Waals surface area contributed by atoms with Crippen LogP contribution in [0.15, 0.2) is 6.20 Å². The van der Waals surface area contributed by atoms with E-state index < -0.39 is 5.60 Å². The van der Waals surface area contributed by atoms with Crippen molar-refractivity contribution in [2.75, 3.05) is 0 Å². The van der Waals surface area contributed by atoms with Gasteiger partial charge in [-0.25, -0.2) is 4.98 Å². The Kier molecular flexibility index (Phi) is 3.29. The maximum atomic E-state index is 11.1. The maximum absolute atomic E-state index is 11.1. The number of nitrogens with zero attached hydrogens (tertiary/aromatic N) is 5. The fourth-order valence-corrected chi connectivity index (χ4v) is 8.18. The number of rotatable bonds is 0. The molecule has 6 heteroatoms. The van der Waals surface area contributed by atoms with Gasteiger partial charge in [-0.3, -0.25) is 0 Å². The van der Waals surface area contributed by atoms with Crippen molar-refractivity contribution in [1.82, 2.24) is 25.0 Å². The molecule has 4 aliphatic rings. The largest absolute Gasteiger partial charge is 0.390 e. The summed E-state index contributed by atoms with van der Waals surface area (Å²) >= 11 is 0. The molecule has 0 amide bonds. The van der Waals surface area contributed by atoms with E-state index in [0.29, 0.717) is 23.0 Å². The highest BCUT2D eigenvalue weighted by Gasteiger charge is 2.63. The van der Waals surface area contributed by atoms with Gasteiger partial charge in [-0.05, 0) is 109 Å². The first-order chi connectivity index (χ1) is 13.3. The third-order valence-corrected chi connectivity index (χ3v) is 10.1. The van der Waals surface area contributed by atoms with Gasteiger partial charge in [0.1, 0.15) is 0 Å². The molecule has 0 aliphatic heterocycles. The maximum Gasteiger partial charge on any atom is 0.273 e. The summed E-state index contributed by atoms with van der Waals surface area (Å²) in [4.78, 5) is 4.50. The molecule has 0 aromatic carbocycles. The molecule has 2 aromatic rings. The van der Waals surface area contributed by atoms with E-state index in [1.165, 1.54) is 43.4 Å². The van der Waals surface area contributed by atoms with Gasteiger partial charge in [0.25, 0.3) is 5.78 Å². The van der Waals surface area contributed by atoms with Gasteiger partial charge in [0, 0.05) is 6.20 Å². The van der Waals surface area contributed by atoms with Crippen LogP contribution in [0.1, 0.15) is 70.6 Å². The molecule has 2 aromatic heterocycles. The lowest BCUT2D eigenvalue weighted by Gasteiger charge is -2.61. The van der Waals surface area contributed by atoms with Gasteiger partial charge in [-0.2, -0.15) is 4.52 Å². The zero-order valence-corrected chi connectivity index (χ0v) is 17.2. The van der Waals surface area contributed by atoms with Crippen molar-refractivity contribution in [3.05, 3.63) is 17.5 Å². The smallest absolute Gasteiger partial charge is 0.273 e. The molecule has 6 rings (SSSR count). The van der Waals surface area contributed by atoms with Gasteiger partial charge in [-0.15, -0.1) is 0 Å². The van der Waals surface area contributed by atoms with Crippen LogP contribution in [0.2, 0.25) is 0 Å². The second-order valence-corrected chi connectivity index (χ2v) is 10.9. The molecule has 6 nitrogen and oxygen atoms in total. The Hall–Kier alpha value is -1.56. The Morgan fingerprint density at radius 2 is 1.89 bits per heavy atom. The third-order valence-electron chi connectivity index (χ3n) is 10.1. The summed E-state index contributed by atoms with van der Waals surface area (Å²) in [5, 5.41) is 23.2. The highest BCUT2D eigenvalue weighted by molar-refractivity contribution is 5.34. The molecule has 0 saturated heterocycles. The molecular formula is C22H31N5O. The van der Waals surface area contributed by atoms with E-state index in [-0.39, 0.29) is 5.41 Å². The van der Waals surface area contributed by atoms with Crippen LogP contribution in [0.5, 0.6) is 0 Å². The lowest BCUT2D eigenvalue weighted by molar-refractivity contribution is -0.139. The molecule has 150 valence electrons. The topological polar surface area (TPSA) is 76.2 Å². The SMILES string of the molecule is C[C@]12Cc3cnc4nnnn4c3C[C@@H]1CC[C@@H]1[C@@H]2CC[C@@]2(C)[C@H]1CC[C@]2(C)O. The lowest BCUT2D eigenvalue weighted by Crippen LogP contribution is -2.56. The molecule has 4 aliphatic carbocycles. The van der Waals surface area contributed by atoms with Crippen LogP contribution in [0.3, 0.4) is 0 Å². The van der Waals surface area contributed by atoms with E-state index in [9.17, 15) is 5.11 Å². The van der Waals surface area contributed by atoms with Crippen molar-refractivity contribution in [2.24, 2.45) is 34.5 Å². The van der Waals surface area contributed by atoms with Crippen LogP contribution in [0.4, 0.5) is 0 Å². The van der Waals surface area contributed by atoms with Gasteiger partial charge < -0.3 is 5.11 Å². The molecule has 0 bridgehead atoms. The number of aliphatic hydroxyl groups is 1. The van der Waals surface area contributed by atoms with Gasteiger partial charge in [0.15, 0.2) is 0 Å². The number of hydrogen-bond donors (Lipinski definition) is 1. The fraction of sp³-hybridized carbons (Fsp3) is 0.818. The van der Waals surface area contributed by atoms with Gasteiger partial charge in [-0.1, -0.05) is 18.9 Å². The minimum atomic E-state index is -0.491. The van der Waals surface area contributed by atoms with E-state index in [0.717, 1.165) is 31.1 Å². The lowest BCUT2D eigenvalue weighted by atomic mass is 9.44. The van der Waals surface area contributed by atoms with Gasteiger partial charge in [0.05, 0.1) is 11.3 Å². The van der Waals surface area contributed by atoms with Crippen molar-refractivity contribution >= 4 is 5.78 Å². The number of aromatic nitrogens is 5. The standard InChI is InChI=1S/C22H31N5O/c1-20-11-13-12-23-19-24-25-26-27(19)18(13)10-14(20)4-5-15-16(20)6-8-21(2)17(15)7-9-22(21,3)28/h12,14-17,28H,4-11H2,1-3H3/t14-,15+,16-,17-,20-,21-,22-/m0/s1. The van der Waals surface area contributed by atoms with Crippen LogP contribution in [0, 0.1) is 34.5 Å². The summed E-state index contributed by atoms with van der Waals surface area (Å²) in [5.41, 5.74) is 2.56. The number of fused-ring (bicyclic) bond motifs is 8. The van der Waals surface area contributed by atoms with Crippen molar-refractivity contribution < 1.29 is 5.11 Å². The number of tetrazole rings is 1. The predicted molar refractivity (Wildman–Crippen MR) is 104 cm³/mol. The monoisotopic (exact) mass is 381 g/mol. The molecule has 0 spiro atoms. The minimum Gasteiger partial charge on any atom is -0.390 e. The van der Waals surface area contributed by atoms with E-state index in [4.69, 9.17) is 0 Å². The molecule has 28 heavy (non-hydrogen) atoms. The van der Waals surface area contributed by atoms with Crippen molar-refractivity contribution in [1.29, 1.82) is 0 Å². The first-order valence-corrected chi connectivity index (χ1v) is 11.1. The molecule has 3 fully saturated rings. The summed E-state index contributed by atoms with van der Waals surface area (Å²) in [6, 6.07) is 0. The van der Waals surface area contributed by atoms with Crippen LogP contribution >= 0.6 is 0 Å². The molecule has 0 unspecified atom stereocenters. The molecule has 2 heterocycles. The Labute approximate surface area is 166 Å². The van der Waals surface area contributed by atoms with Crippen molar-refractivity contribution in [2.45, 2.75) is 77.7 Å². The van der Waals surface area contributed by atoms with Crippen LogP contribution < -0.4 is 0 Å². The van der Waals surface area contributed by atoms with E-state index in [2.05, 4.69) is 41.3 Å². The van der Waals surface area contributed by atoms with Crippen LogP contribution in [-0.2, 0) is 12.8 Å². The van der Waals surface area contributed by atoms with E-state index >= 15 is 0 Å². The van der Waals surface area contributed by atoms with Crippen molar-refractivity contribution in [3.63, 3.8) is 0 Å². The number of hydrogen-bond acceptors (Lipinski definition) is 5. The average Bonchev–Trinajstić information content (AvgIpc) is 3.22. The van der Waals surface area contributed by atoms with E-state index in [1.54, 1.807) is 0 Å². The fourth-order valence-electron chi connectivity index (χ4n) is 8.18. The zero-order chi connectivity index (χ0) is 19.3. The highest BCUT2D eigenvalue weighted by Crippen LogP contribution is 2.67. The van der Waals surface area contributed by atoms with Gasteiger partial charge >= 0.3 is 0 Å². The molecule has 1 N–H and O–H groups in total. The molecule has 0 radical (unpaired) electrons. The molecular weight excluding hydrogens is 350 g/mol. The second-order valence-electron chi connectivity index (χ2n) is 10.9. The Bertz CT molecular complexity index is 954. The molecule has 3 saturated carbocycles. The first-order valence-electron chi connectivity index (χ1n) is 11.1. The Morgan fingerprint density at radius 1 is 1.07 bits per heavy atom. The Morgan fingerprint density at radius 3 is 2.75 bits per heavy atom. The molecule has 7 atom stereocenters. The Balaban J connectivity index is 1.39. The van der Waals surface area contributed by atoms with E-state index in [1.807, 2.05) is 10.7 Å². The summed E-state index contributed by atoms with van der Waals surface area (Å²) in [6.45, 7) is 7.03.